The Hall–Kier alpha value is -1.73. The number of aromatic nitrogens is 3. The van der Waals surface area contributed by atoms with Gasteiger partial charge in [-0.05, 0) is 36.8 Å². The van der Waals surface area contributed by atoms with Gasteiger partial charge in [0.05, 0.1) is 11.3 Å². The average molecular weight is 346 g/mol. The third-order valence-electron chi connectivity index (χ3n) is 4.99. The predicted octanol–water partition coefficient (Wildman–Crippen LogP) is 1.76. The van der Waals surface area contributed by atoms with E-state index in [0.29, 0.717) is 12.8 Å². The van der Waals surface area contributed by atoms with E-state index in [2.05, 4.69) is 14.8 Å². The Bertz CT molecular complexity index is 834. The van der Waals surface area contributed by atoms with E-state index in [1.807, 2.05) is 35.9 Å². The van der Waals surface area contributed by atoms with E-state index in [9.17, 15) is 8.42 Å². The molecule has 2 aromatic rings. The molecule has 0 radical (unpaired) electrons. The first-order valence-electron chi connectivity index (χ1n) is 8.58. The van der Waals surface area contributed by atoms with Crippen LogP contribution >= 0.6 is 0 Å². The molecule has 0 bridgehead atoms. The van der Waals surface area contributed by atoms with Crippen molar-refractivity contribution in [2.45, 2.75) is 56.9 Å². The molecule has 1 aromatic heterocycles. The lowest BCUT2D eigenvalue weighted by Gasteiger charge is -2.24. The van der Waals surface area contributed by atoms with Crippen molar-refractivity contribution in [2.75, 3.05) is 0 Å². The quantitative estimate of drug-likeness (QED) is 0.915. The zero-order chi connectivity index (χ0) is 16.7. The largest absolute Gasteiger partial charge is 0.248 e. The molecule has 0 amide bonds. The van der Waals surface area contributed by atoms with Crippen LogP contribution in [0.2, 0.25) is 0 Å². The monoisotopic (exact) mass is 346 g/mol. The lowest BCUT2D eigenvalue weighted by Crippen LogP contribution is -2.39. The molecule has 24 heavy (non-hydrogen) atoms. The molecule has 1 aromatic carbocycles. The van der Waals surface area contributed by atoms with Gasteiger partial charge in [-0.25, -0.2) is 22.8 Å². The summed E-state index contributed by atoms with van der Waals surface area (Å²) in [6.07, 6.45) is 3.63. The van der Waals surface area contributed by atoms with E-state index in [-0.39, 0.29) is 11.3 Å². The molecule has 7 heteroatoms. The number of hydrogen-bond donors (Lipinski definition) is 1. The van der Waals surface area contributed by atoms with Gasteiger partial charge >= 0.3 is 0 Å². The first kappa shape index (κ1) is 15.8. The Morgan fingerprint density at radius 1 is 1.25 bits per heavy atom. The molecule has 1 aliphatic carbocycles. The highest BCUT2D eigenvalue weighted by Crippen LogP contribution is 2.29. The van der Waals surface area contributed by atoms with Gasteiger partial charge in [0.1, 0.15) is 5.82 Å². The highest BCUT2D eigenvalue weighted by molar-refractivity contribution is 7.90. The maximum Gasteiger partial charge on any atom is 0.215 e. The Labute approximate surface area is 142 Å². The summed E-state index contributed by atoms with van der Waals surface area (Å²) in [5, 5.41) is 4.06. The van der Waals surface area contributed by atoms with Crippen LogP contribution in [0.1, 0.15) is 48.6 Å². The minimum absolute atomic E-state index is 0.264. The van der Waals surface area contributed by atoms with E-state index in [1.165, 1.54) is 0 Å². The SMILES string of the molecule is CCc1nc2n(n1)CCCC2NS(=O)(=O)C1Cc2ccccc2C1. The molecule has 6 nitrogen and oxygen atoms in total. The molecule has 2 heterocycles. The lowest BCUT2D eigenvalue weighted by molar-refractivity contribution is 0.398. The van der Waals surface area contributed by atoms with Crippen molar-refractivity contribution >= 4 is 10.0 Å². The summed E-state index contributed by atoms with van der Waals surface area (Å²) in [6.45, 7) is 2.83. The average Bonchev–Trinajstić information content (AvgIpc) is 3.19. The van der Waals surface area contributed by atoms with Crippen LogP contribution in [0.4, 0.5) is 0 Å². The number of rotatable bonds is 4. The molecule has 0 fully saturated rings. The highest BCUT2D eigenvalue weighted by Gasteiger charge is 2.35. The second-order valence-corrected chi connectivity index (χ2v) is 8.61. The molecular weight excluding hydrogens is 324 g/mol. The second-order valence-electron chi connectivity index (χ2n) is 6.62. The molecule has 1 aliphatic heterocycles. The first-order chi connectivity index (χ1) is 11.6. The number of aryl methyl sites for hydroxylation is 2. The van der Waals surface area contributed by atoms with Gasteiger partial charge in [-0.3, -0.25) is 0 Å². The predicted molar refractivity (Wildman–Crippen MR) is 91.1 cm³/mol. The van der Waals surface area contributed by atoms with Gasteiger partial charge in [-0.15, -0.1) is 0 Å². The molecular formula is C17H22N4O2S. The minimum Gasteiger partial charge on any atom is -0.248 e. The molecule has 4 rings (SSSR count). The van der Waals surface area contributed by atoms with Crippen molar-refractivity contribution in [1.82, 2.24) is 19.5 Å². The molecule has 1 unspecified atom stereocenters. The Kier molecular flexibility index (Phi) is 3.92. The Balaban J connectivity index is 1.55. The maximum atomic E-state index is 12.9. The fraction of sp³-hybridized carbons (Fsp3) is 0.529. The third-order valence-corrected chi connectivity index (χ3v) is 6.82. The number of benzene rings is 1. The highest BCUT2D eigenvalue weighted by atomic mass is 32.2. The second kappa shape index (κ2) is 5.97. The normalized spacial score (nSPS) is 20.8. The van der Waals surface area contributed by atoms with Crippen molar-refractivity contribution in [3.05, 3.63) is 47.0 Å². The zero-order valence-corrected chi connectivity index (χ0v) is 14.6. The van der Waals surface area contributed by atoms with Crippen molar-refractivity contribution < 1.29 is 8.42 Å². The summed E-state index contributed by atoms with van der Waals surface area (Å²) in [6, 6.07) is 7.72. The molecule has 0 saturated carbocycles. The van der Waals surface area contributed by atoms with E-state index in [0.717, 1.165) is 48.6 Å². The number of nitrogens with one attached hydrogen (secondary N) is 1. The summed E-state index contributed by atoms with van der Waals surface area (Å²) in [5.74, 6) is 1.54. The lowest BCUT2D eigenvalue weighted by atomic mass is 10.1. The van der Waals surface area contributed by atoms with E-state index in [1.54, 1.807) is 0 Å². The van der Waals surface area contributed by atoms with E-state index in [4.69, 9.17) is 0 Å². The molecule has 2 aliphatic rings. The fourth-order valence-corrected chi connectivity index (χ4v) is 5.30. The van der Waals surface area contributed by atoms with Crippen LogP contribution in [0.5, 0.6) is 0 Å². The van der Waals surface area contributed by atoms with E-state index >= 15 is 0 Å². The number of hydrogen-bond acceptors (Lipinski definition) is 4. The minimum atomic E-state index is -3.40. The van der Waals surface area contributed by atoms with Crippen LogP contribution in [0.3, 0.4) is 0 Å². The van der Waals surface area contributed by atoms with Crippen molar-refractivity contribution in [3.63, 3.8) is 0 Å². The third kappa shape index (κ3) is 2.75. The summed E-state index contributed by atoms with van der Waals surface area (Å²) in [4.78, 5) is 4.53. The number of sulfonamides is 1. The summed E-state index contributed by atoms with van der Waals surface area (Å²) in [5.41, 5.74) is 2.29. The van der Waals surface area contributed by atoms with Crippen molar-refractivity contribution in [2.24, 2.45) is 0 Å². The van der Waals surface area contributed by atoms with Crippen LogP contribution in [-0.2, 0) is 35.8 Å². The molecule has 0 spiro atoms. The maximum absolute atomic E-state index is 12.9. The number of nitrogens with zero attached hydrogens (tertiary/aromatic N) is 3. The Morgan fingerprint density at radius 3 is 2.62 bits per heavy atom. The zero-order valence-electron chi connectivity index (χ0n) is 13.8. The van der Waals surface area contributed by atoms with Gasteiger partial charge in [-0.2, -0.15) is 5.10 Å². The van der Waals surface area contributed by atoms with Gasteiger partial charge in [0.15, 0.2) is 5.82 Å². The topological polar surface area (TPSA) is 76.9 Å². The van der Waals surface area contributed by atoms with Gasteiger partial charge in [0.25, 0.3) is 0 Å². The van der Waals surface area contributed by atoms with Crippen LogP contribution < -0.4 is 4.72 Å². The summed E-state index contributed by atoms with van der Waals surface area (Å²) < 4.78 is 30.5. The molecule has 128 valence electrons. The molecule has 1 atom stereocenters. The van der Waals surface area contributed by atoms with Gasteiger partial charge in [0.2, 0.25) is 10.0 Å². The van der Waals surface area contributed by atoms with Crippen molar-refractivity contribution in [1.29, 1.82) is 0 Å². The van der Waals surface area contributed by atoms with Gasteiger partial charge in [-0.1, -0.05) is 31.2 Å². The standard InChI is InChI=1S/C17H22N4O2S/c1-2-16-18-17-15(8-5-9-21(17)19-16)20-24(22,23)14-10-12-6-3-4-7-13(12)11-14/h3-4,6-7,14-15,20H,2,5,8-11H2,1H3. The number of fused-ring (bicyclic) bond motifs is 2. The smallest absolute Gasteiger partial charge is 0.215 e. The van der Waals surface area contributed by atoms with Crippen molar-refractivity contribution in [3.8, 4) is 0 Å². The fourth-order valence-electron chi connectivity index (χ4n) is 3.69. The van der Waals surface area contributed by atoms with E-state index < -0.39 is 10.0 Å². The van der Waals surface area contributed by atoms with Gasteiger partial charge < -0.3 is 0 Å². The molecule has 1 N–H and O–H groups in total. The summed E-state index contributed by atoms with van der Waals surface area (Å²) >= 11 is 0. The van der Waals surface area contributed by atoms with Crippen LogP contribution in [0.15, 0.2) is 24.3 Å². The van der Waals surface area contributed by atoms with Gasteiger partial charge in [0, 0.05) is 13.0 Å². The molecule has 0 saturated heterocycles. The summed E-state index contributed by atoms with van der Waals surface area (Å²) in [7, 11) is -3.40. The van der Waals surface area contributed by atoms with Crippen LogP contribution in [0.25, 0.3) is 0 Å². The Morgan fingerprint density at radius 2 is 1.96 bits per heavy atom. The van der Waals surface area contributed by atoms with Crippen LogP contribution in [-0.4, -0.2) is 28.4 Å². The van der Waals surface area contributed by atoms with Crippen LogP contribution in [0, 0.1) is 0 Å². The first-order valence-corrected chi connectivity index (χ1v) is 10.1.